The van der Waals surface area contributed by atoms with Crippen LogP contribution in [0.4, 0.5) is 4.39 Å². The van der Waals surface area contributed by atoms with E-state index in [0.717, 1.165) is 0 Å². The van der Waals surface area contributed by atoms with Gasteiger partial charge in [-0.2, -0.15) is 4.98 Å². The van der Waals surface area contributed by atoms with Crippen molar-refractivity contribution in [2.75, 3.05) is 12.4 Å². The molecule has 0 aliphatic heterocycles. The van der Waals surface area contributed by atoms with E-state index in [1.165, 1.54) is 17.8 Å². The molecular formula is C14H15FN2O3S. The summed E-state index contributed by atoms with van der Waals surface area (Å²) in [5.74, 6) is 0.768. The minimum atomic E-state index is -0.310. The summed E-state index contributed by atoms with van der Waals surface area (Å²) in [7, 11) is 0. The van der Waals surface area contributed by atoms with Crippen LogP contribution >= 0.6 is 11.8 Å². The van der Waals surface area contributed by atoms with Crippen LogP contribution in [0.3, 0.4) is 0 Å². The summed E-state index contributed by atoms with van der Waals surface area (Å²) in [5, 5.41) is 3.81. The van der Waals surface area contributed by atoms with Crippen LogP contribution in [0.1, 0.15) is 18.4 Å². The van der Waals surface area contributed by atoms with Crippen molar-refractivity contribution in [2.45, 2.75) is 19.6 Å². The van der Waals surface area contributed by atoms with Crippen LogP contribution in [0.5, 0.6) is 0 Å². The molecule has 0 aliphatic rings. The third-order valence-corrected chi connectivity index (χ3v) is 3.54. The van der Waals surface area contributed by atoms with Crippen LogP contribution in [0.25, 0.3) is 11.4 Å². The second-order valence-electron chi connectivity index (χ2n) is 4.27. The molecule has 0 radical (unpaired) electrons. The van der Waals surface area contributed by atoms with Crippen molar-refractivity contribution in [3.05, 3.63) is 35.5 Å². The summed E-state index contributed by atoms with van der Waals surface area (Å²) in [5.41, 5.74) is 1.12. The van der Waals surface area contributed by atoms with E-state index in [1.807, 2.05) is 0 Å². The summed E-state index contributed by atoms with van der Waals surface area (Å²) in [6.07, 6.45) is 0. The molecule has 1 aromatic carbocycles. The Bertz CT molecular complexity index is 630. The number of benzene rings is 1. The molecule has 0 atom stereocenters. The van der Waals surface area contributed by atoms with E-state index in [0.29, 0.717) is 35.2 Å². The molecule has 0 spiro atoms. The van der Waals surface area contributed by atoms with Gasteiger partial charge in [-0.15, -0.1) is 11.8 Å². The fraction of sp³-hybridized carbons (Fsp3) is 0.357. The number of hydrogen-bond acceptors (Lipinski definition) is 6. The predicted octanol–water partition coefficient (Wildman–Crippen LogP) is 2.98. The first-order valence-electron chi connectivity index (χ1n) is 6.42. The van der Waals surface area contributed by atoms with Gasteiger partial charge in [0, 0.05) is 5.56 Å². The molecule has 0 fully saturated rings. The molecule has 5 nitrogen and oxygen atoms in total. The highest BCUT2D eigenvalue weighted by molar-refractivity contribution is 7.99. The maximum Gasteiger partial charge on any atom is 0.315 e. The topological polar surface area (TPSA) is 65.2 Å². The molecule has 1 aromatic heterocycles. The highest BCUT2D eigenvalue weighted by Crippen LogP contribution is 2.20. The van der Waals surface area contributed by atoms with Gasteiger partial charge in [0.2, 0.25) is 11.7 Å². The molecule has 0 aliphatic carbocycles. The van der Waals surface area contributed by atoms with E-state index in [9.17, 15) is 9.18 Å². The maximum absolute atomic E-state index is 13.5. The van der Waals surface area contributed by atoms with Crippen molar-refractivity contribution in [3.8, 4) is 11.4 Å². The zero-order valence-electron chi connectivity index (χ0n) is 11.8. The number of halogens is 1. The smallest absolute Gasteiger partial charge is 0.315 e. The molecule has 112 valence electrons. The fourth-order valence-electron chi connectivity index (χ4n) is 1.59. The standard InChI is InChI=1S/C14H15FN2O3S/c1-3-19-13(18)8-21-7-12-16-14(17-20-12)10-5-4-9(2)11(15)6-10/h4-6H,3,7-8H2,1-2H3. The Morgan fingerprint density at radius 1 is 1.48 bits per heavy atom. The maximum atomic E-state index is 13.5. The van der Waals surface area contributed by atoms with E-state index in [-0.39, 0.29) is 17.5 Å². The zero-order chi connectivity index (χ0) is 15.2. The molecule has 0 amide bonds. The quantitative estimate of drug-likeness (QED) is 0.764. The number of hydrogen-bond donors (Lipinski definition) is 0. The first-order valence-corrected chi connectivity index (χ1v) is 7.58. The third-order valence-electron chi connectivity index (χ3n) is 2.65. The minimum absolute atomic E-state index is 0.227. The van der Waals surface area contributed by atoms with E-state index in [2.05, 4.69) is 10.1 Å². The molecule has 0 saturated carbocycles. The highest BCUT2D eigenvalue weighted by atomic mass is 32.2. The van der Waals surface area contributed by atoms with Crippen molar-refractivity contribution < 1.29 is 18.4 Å². The number of nitrogens with zero attached hydrogens (tertiary/aromatic N) is 2. The molecule has 7 heteroatoms. The Morgan fingerprint density at radius 3 is 3.00 bits per heavy atom. The van der Waals surface area contributed by atoms with E-state index < -0.39 is 0 Å². The van der Waals surface area contributed by atoms with Gasteiger partial charge in [-0.05, 0) is 25.5 Å². The van der Waals surface area contributed by atoms with E-state index >= 15 is 0 Å². The molecule has 0 saturated heterocycles. The van der Waals surface area contributed by atoms with Crippen molar-refractivity contribution in [1.29, 1.82) is 0 Å². The summed E-state index contributed by atoms with van der Waals surface area (Å²) in [6.45, 7) is 3.81. The lowest BCUT2D eigenvalue weighted by Crippen LogP contribution is -2.06. The molecule has 0 bridgehead atoms. The van der Waals surface area contributed by atoms with Gasteiger partial charge < -0.3 is 9.26 Å². The van der Waals surface area contributed by atoms with Gasteiger partial charge in [-0.25, -0.2) is 4.39 Å². The van der Waals surface area contributed by atoms with Crippen LogP contribution in [-0.4, -0.2) is 28.5 Å². The zero-order valence-corrected chi connectivity index (χ0v) is 12.6. The monoisotopic (exact) mass is 310 g/mol. The second kappa shape index (κ2) is 7.21. The number of thioether (sulfide) groups is 1. The Kier molecular flexibility index (Phi) is 5.32. The predicted molar refractivity (Wildman–Crippen MR) is 77.2 cm³/mol. The average molecular weight is 310 g/mol. The fourth-order valence-corrected chi connectivity index (χ4v) is 2.23. The Morgan fingerprint density at radius 2 is 2.29 bits per heavy atom. The van der Waals surface area contributed by atoms with Gasteiger partial charge in [-0.1, -0.05) is 17.3 Å². The lowest BCUT2D eigenvalue weighted by molar-refractivity contribution is -0.139. The SMILES string of the molecule is CCOC(=O)CSCc1nc(-c2ccc(C)c(F)c2)no1. The van der Waals surface area contributed by atoms with Crippen LogP contribution < -0.4 is 0 Å². The largest absolute Gasteiger partial charge is 0.465 e. The molecule has 21 heavy (non-hydrogen) atoms. The van der Waals surface area contributed by atoms with Crippen molar-refractivity contribution >= 4 is 17.7 Å². The Balaban J connectivity index is 1.95. The number of ether oxygens (including phenoxy) is 1. The van der Waals surface area contributed by atoms with Gasteiger partial charge in [0.05, 0.1) is 18.1 Å². The van der Waals surface area contributed by atoms with Crippen LogP contribution in [0, 0.1) is 12.7 Å². The Hall–Kier alpha value is -1.89. The van der Waals surface area contributed by atoms with Crippen LogP contribution in [-0.2, 0) is 15.3 Å². The molecule has 2 rings (SSSR count). The number of carbonyl (C=O) groups is 1. The lowest BCUT2D eigenvalue weighted by Gasteiger charge is -1.99. The van der Waals surface area contributed by atoms with Gasteiger partial charge in [0.25, 0.3) is 0 Å². The summed E-state index contributed by atoms with van der Waals surface area (Å²) in [4.78, 5) is 15.4. The van der Waals surface area contributed by atoms with Gasteiger partial charge >= 0.3 is 5.97 Å². The number of rotatable bonds is 6. The average Bonchev–Trinajstić information content (AvgIpc) is 2.91. The molecule has 0 unspecified atom stereocenters. The summed E-state index contributed by atoms with van der Waals surface area (Å²) < 4.78 is 23.4. The Labute approximate surface area is 125 Å². The van der Waals surface area contributed by atoms with E-state index in [1.54, 1.807) is 26.0 Å². The number of aromatic nitrogens is 2. The number of esters is 1. The normalized spacial score (nSPS) is 10.6. The molecule has 1 heterocycles. The van der Waals surface area contributed by atoms with Gasteiger partial charge in [0.1, 0.15) is 5.82 Å². The van der Waals surface area contributed by atoms with Gasteiger partial charge in [0.15, 0.2) is 0 Å². The van der Waals surface area contributed by atoms with Crippen LogP contribution in [0.2, 0.25) is 0 Å². The second-order valence-corrected chi connectivity index (χ2v) is 5.26. The molecular weight excluding hydrogens is 295 g/mol. The van der Waals surface area contributed by atoms with Gasteiger partial charge in [-0.3, -0.25) is 4.79 Å². The minimum Gasteiger partial charge on any atom is -0.465 e. The summed E-state index contributed by atoms with van der Waals surface area (Å²) in [6, 6.07) is 4.77. The van der Waals surface area contributed by atoms with E-state index in [4.69, 9.17) is 9.26 Å². The molecule has 0 N–H and O–H groups in total. The summed E-state index contributed by atoms with van der Waals surface area (Å²) >= 11 is 1.32. The van der Waals surface area contributed by atoms with Crippen LogP contribution in [0.15, 0.2) is 22.7 Å². The highest BCUT2D eigenvalue weighted by Gasteiger charge is 2.11. The third kappa shape index (κ3) is 4.29. The van der Waals surface area contributed by atoms with Crippen molar-refractivity contribution in [3.63, 3.8) is 0 Å². The first-order chi connectivity index (χ1) is 10.1. The molecule has 2 aromatic rings. The lowest BCUT2D eigenvalue weighted by atomic mass is 10.1. The first kappa shape index (κ1) is 15.5. The van der Waals surface area contributed by atoms with Crippen molar-refractivity contribution in [1.82, 2.24) is 10.1 Å². The number of aryl methyl sites for hydroxylation is 1. The number of carbonyl (C=O) groups excluding carboxylic acids is 1. The van der Waals surface area contributed by atoms with Crippen molar-refractivity contribution in [2.24, 2.45) is 0 Å².